The largest absolute Gasteiger partial charge is 0.465 e. The molecule has 0 radical (unpaired) electrons. The van der Waals surface area contributed by atoms with Gasteiger partial charge in [-0.05, 0) is 11.6 Å². The number of rotatable bonds is 6. The van der Waals surface area contributed by atoms with E-state index >= 15 is 0 Å². The van der Waals surface area contributed by atoms with Crippen LogP contribution in [-0.4, -0.2) is 53.3 Å². The van der Waals surface area contributed by atoms with Crippen LogP contribution in [0, 0.1) is 10.1 Å². The normalized spacial score (nSPS) is 18.9. The van der Waals surface area contributed by atoms with Gasteiger partial charge in [0.1, 0.15) is 18.8 Å². The Morgan fingerprint density at radius 2 is 1.96 bits per heavy atom. The van der Waals surface area contributed by atoms with Crippen molar-refractivity contribution in [3.05, 3.63) is 64.3 Å². The molecule has 1 fully saturated rings. The molecule has 0 spiro atoms. The summed E-state index contributed by atoms with van der Waals surface area (Å²) in [7, 11) is 1.49. The van der Waals surface area contributed by atoms with E-state index in [9.17, 15) is 14.9 Å². The number of likely N-dealkylation sites (tertiary alicyclic amines) is 1. The Morgan fingerprint density at radius 3 is 2.67 bits per heavy atom. The number of pyridine rings is 1. The summed E-state index contributed by atoms with van der Waals surface area (Å²) in [6.45, 7) is 0.598. The Morgan fingerprint density at radius 1 is 1.22 bits per heavy atom. The maximum atomic E-state index is 12.3. The van der Waals surface area contributed by atoms with Gasteiger partial charge in [-0.25, -0.2) is 9.78 Å². The highest BCUT2D eigenvalue weighted by molar-refractivity contribution is 5.68. The molecule has 9 heteroatoms. The molecule has 2 atom stereocenters. The first-order valence-electron chi connectivity index (χ1n) is 8.33. The number of nitrogens with zero attached hydrogens (tertiary/aromatic N) is 3. The molecule has 0 bridgehead atoms. The first-order valence-corrected chi connectivity index (χ1v) is 8.33. The smallest absolute Gasteiger partial charge is 0.410 e. The van der Waals surface area contributed by atoms with Crippen LogP contribution in [0.1, 0.15) is 5.56 Å². The van der Waals surface area contributed by atoms with Gasteiger partial charge < -0.3 is 19.1 Å². The van der Waals surface area contributed by atoms with Gasteiger partial charge in [0.2, 0.25) is 0 Å². The first-order chi connectivity index (χ1) is 13.1. The summed E-state index contributed by atoms with van der Waals surface area (Å²) in [5.74, 6) is -0.103. The fraction of sp³-hybridized carbons (Fsp3) is 0.333. The van der Waals surface area contributed by atoms with Gasteiger partial charge in [-0.2, -0.15) is 0 Å². The second-order valence-corrected chi connectivity index (χ2v) is 5.96. The number of carbonyl (C=O) groups is 1. The van der Waals surface area contributed by atoms with Crippen LogP contribution in [-0.2, 0) is 16.1 Å². The van der Waals surface area contributed by atoms with E-state index in [2.05, 4.69) is 4.98 Å². The molecule has 1 aromatic carbocycles. The monoisotopic (exact) mass is 373 g/mol. The number of benzene rings is 1. The SMILES string of the molecule is CO[C@@H]1CN(C(=O)OCc2ccccc2)C[C@H]1Oc1ncccc1[N+](=O)[O-]. The van der Waals surface area contributed by atoms with Crippen molar-refractivity contribution < 1.29 is 23.9 Å². The molecule has 0 saturated carbocycles. The summed E-state index contributed by atoms with van der Waals surface area (Å²) >= 11 is 0. The predicted octanol–water partition coefficient (Wildman–Crippen LogP) is 2.40. The van der Waals surface area contributed by atoms with Gasteiger partial charge in [0.05, 0.1) is 18.0 Å². The number of amides is 1. The molecule has 0 aliphatic carbocycles. The standard InChI is InChI=1S/C18H19N3O6/c1-25-15-10-20(18(22)26-12-13-6-3-2-4-7-13)11-16(15)27-17-14(21(23)24)8-5-9-19-17/h2-9,15-16H,10-12H2,1H3/t15-,16-/m1/s1. The lowest BCUT2D eigenvalue weighted by atomic mass is 10.2. The van der Waals surface area contributed by atoms with E-state index in [4.69, 9.17) is 14.2 Å². The minimum absolute atomic E-state index is 0.103. The highest BCUT2D eigenvalue weighted by Gasteiger charge is 2.39. The maximum Gasteiger partial charge on any atom is 0.410 e. The van der Waals surface area contributed by atoms with E-state index in [1.54, 1.807) is 0 Å². The van der Waals surface area contributed by atoms with Gasteiger partial charge in [-0.15, -0.1) is 0 Å². The first kappa shape index (κ1) is 18.6. The third-order valence-electron chi connectivity index (χ3n) is 4.19. The number of ether oxygens (including phenoxy) is 3. The van der Waals surface area contributed by atoms with Crippen molar-refractivity contribution in [1.82, 2.24) is 9.88 Å². The highest BCUT2D eigenvalue weighted by atomic mass is 16.6. The predicted molar refractivity (Wildman–Crippen MR) is 94.3 cm³/mol. The average molecular weight is 373 g/mol. The molecule has 1 aromatic heterocycles. The summed E-state index contributed by atoms with van der Waals surface area (Å²) in [4.78, 5) is 28.2. The summed E-state index contributed by atoms with van der Waals surface area (Å²) in [5.41, 5.74) is 0.641. The molecule has 2 aromatic rings. The lowest BCUT2D eigenvalue weighted by molar-refractivity contribution is -0.386. The van der Waals surface area contributed by atoms with Gasteiger partial charge in [-0.3, -0.25) is 10.1 Å². The maximum absolute atomic E-state index is 12.3. The lowest BCUT2D eigenvalue weighted by Gasteiger charge is -2.17. The molecule has 1 aliphatic heterocycles. The molecular weight excluding hydrogens is 354 g/mol. The molecule has 1 saturated heterocycles. The second kappa shape index (κ2) is 8.45. The van der Waals surface area contributed by atoms with Crippen LogP contribution in [0.25, 0.3) is 0 Å². The average Bonchev–Trinajstić information content (AvgIpc) is 3.10. The Kier molecular flexibility index (Phi) is 5.82. The summed E-state index contributed by atoms with van der Waals surface area (Å²) < 4.78 is 16.4. The molecule has 0 N–H and O–H groups in total. The zero-order valence-electron chi connectivity index (χ0n) is 14.7. The van der Waals surface area contributed by atoms with E-state index in [1.807, 2.05) is 30.3 Å². The summed E-state index contributed by atoms with van der Waals surface area (Å²) in [6.07, 6.45) is -0.128. The van der Waals surface area contributed by atoms with Crippen LogP contribution in [0.15, 0.2) is 48.7 Å². The Bertz CT molecular complexity index is 801. The molecule has 1 amide bonds. The zero-order chi connectivity index (χ0) is 19.2. The van der Waals surface area contributed by atoms with Crippen molar-refractivity contribution in [2.75, 3.05) is 20.2 Å². The van der Waals surface area contributed by atoms with Crippen LogP contribution < -0.4 is 4.74 Å². The molecule has 142 valence electrons. The highest BCUT2D eigenvalue weighted by Crippen LogP contribution is 2.27. The molecule has 27 heavy (non-hydrogen) atoms. The molecule has 0 unspecified atom stereocenters. The minimum Gasteiger partial charge on any atom is -0.465 e. The van der Waals surface area contributed by atoms with Crippen LogP contribution in [0.2, 0.25) is 0 Å². The molecule has 2 heterocycles. The Hall–Kier alpha value is -3.20. The summed E-state index contributed by atoms with van der Waals surface area (Å²) in [6, 6.07) is 12.1. The van der Waals surface area contributed by atoms with Gasteiger partial charge in [0, 0.05) is 19.4 Å². The molecular formula is C18H19N3O6. The number of nitro groups is 1. The quantitative estimate of drug-likeness (QED) is 0.566. The zero-order valence-corrected chi connectivity index (χ0v) is 14.7. The third-order valence-corrected chi connectivity index (χ3v) is 4.19. The van der Waals surface area contributed by atoms with Crippen molar-refractivity contribution in [3.8, 4) is 5.88 Å². The fourth-order valence-electron chi connectivity index (χ4n) is 2.80. The van der Waals surface area contributed by atoms with E-state index < -0.39 is 23.2 Å². The van der Waals surface area contributed by atoms with Gasteiger partial charge in [0.25, 0.3) is 5.88 Å². The van der Waals surface area contributed by atoms with E-state index in [1.165, 1.54) is 30.3 Å². The number of hydrogen-bond acceptors (Lipinski definition) is 7. The minimum atomic E-state index is -0.590. The van der Waals surface area contributed by atoms with E-state index in [-0.39, 0.29) is 31.3 Å². The topological polar surface area (TPSA) is 104 Å². The van der Waals surface area contributed by atoms with Crippen molar-refractivity contribution in [1.29, 1.82) is 0 Å². The van der Waals surface area contributed by atoms with Crippen molar-refractivity contribution in [2.24, 2.45) is 0 Å². The number of carbonyl (C=O) groups excluding carboxylic acids is 1. The Labute approximate surface area is 155 Å². The molecule has 9 nitrogen and oxygen atoms in total. The van der Waals surface area contributed by atoms with Crippen molar-refractivity contribution in [2.45, 2.75) is 18.8 Å². The molecule has 1 aliphatic rings. The number of aromatic nitrogens is 1. The molecule has 3 rings (SSSR count). The second-order valence-electron chi connectivity index (χ2n) is 5.96. The Balaban J connectivity index is 1.63. The van der Waals surface area contributed by atoms with Gasteiger partial charge in [0.15, 0.2) is 0 Å². The lowest BCUT2D eigenvalue weighted by Crippen LogP contribution is -2.32. The van der Waals surface area contributed by atoms with Crippen molar-refractivity contribution in [3.63, 3.8) is 0 Å². The van der Waals surface area contributed by atoms with Crippen LogP contribution in [0.4, 0.5) is 10.5 Å². The van der Waals surface area contributed by atoms with E-state index in [0.29, 0.717) is 0 Å². The van der Waals surface area contributed by atoms with Crippen LogP contribution >= 0.6 is 0 Å². The fourth-order valence-corrected chi connectivity index (χ4v) is 2.80. The number of methoxy groups -OCH3 is 1. The summed E-state index contributed by atoms with van der Waals surface area (Å²) in [5, 5.41) is 11.1. The van der Waals surface area contributed by atoms with Crippen LogP contribution in [0.3, 0.4) is 0 Å². The van der Waals surface area contributed by atoms with Crippen molar-refractivity contribution >= 4 is 11.8 Å². The number of hydrogen-bond donors (Lipinski definition) is 0. The van der Waals surface area contributed by atoms with E-state index in [0.717, 1.165) is 5.56 Å². The van der Waals surface area contributed by atoms with Gasteiger partial charge >= 0.3 is 11.8 Å². The van der Waals surface area contributed by atoms with Gasteiger partial charge in [-0.1, -0.05) is 30.3 Å². The third kappa shape index (κ3) is 4.50. The van der Waals surface area contributed by atoms with Crippen LogP contribution in [0.5, 0.6) is 5.88 Å².